The summed E-state index contributed by atoms with van der Waals surface area (Å²) in [5, 5.41) is 2.97. The Morgan fingerprint density at radius 2 is 2.09 bits per heavy atom. The van der Waals surface area contributed by atoms with E-state index in [1.807, 2.05) is 0 Å². The smallest absolute Gasteiger partial charge is 0.407 e. The van der Waals surface area contributed by atoms with E-state index in [1.54, 1.807) is 18.2 Å². The average Bonchev–Trinajstić information content (AvgIpc) is 3.36. The molecular formula is C18H27NO3. The van der Waals surface area contributed by atoms with Gasteiger partial charge in [0.15, 0.2) is 0 Å². The lowest BCUT2D eigenvalue weighted by molar-refractivity contribution is 0.145. The van der Waals surface area contributed by atoms with Crippen LogP contribution in [0.1, 0.15) is 38.5 Å². The van der Waals surface area contributed by atoms with Crippen molar-refractivity contribution in [2.75, 3.05) is 13.2 Å². The van der Waals surface area contributed by atoms with Crippen LogP contribution in [-0.2, 0) is 9.47 Å². The molecule has 0 aromatic carbocycles. The van der Waals surface area contributed by atoms with Crippen molar-refractivity contribution < 1.29 is 14.3 Å². The van der Waals surface area contributed by atoms with Crippen molar-refractivity contribution in [1.29, 1.82) is 0 Å². The van der Waals surface area contributed by atoms with Crippen LogP contribution in [0.25, 0.3) is 0 Å². The minimum atomic E-state index is -0.385. The number of carbonyl (C=O) groups is 1. The van der Waals surface area contributed by atoms with Gasteiger partial charge in [-0.15, -0.1) is 0 Å². The predicted octanol–water partition coefficient (Wildman–Crippen LogP) is 3.75. The van der Waals surface area contributed by atoms with Crippen molar-refractivity contribution in [3.05, 3.63) is 37.0 Å². The fourth-order valence-electron chi connectivity index (χ4n) is 2.98. The first-order valence-corrected chi connectivity index (χ1v) is 8.21. The lowest BCUT2D eigenvalue weighted by Crippen LogP contribution is -2.41. The van der Waals surface area contributed by atoms with Gasteiger partial charge in [-0.25, -0.2) is 4.79 Å². The summed E-state index contributed by atoms with van der Waals surface area (Å²) < 4.78 is 10.6. The van der Waals surface area contributed by atoms with E-state index in [2.05, 4.69) is 18.5 Å². The molecule has 1 amide bonds. The summed E-state index contributed by atoms with van der Waals surface area (Å²) in [5.41, 5.74) is 0.738. The molecule has 0 aromatic rings. The third kappa shape index (κ3) is 6.06. The predicted molar refractivity (Wildman–Crippen MR) is 87.7 cm³/mol. The molecule has 0 aromatic heterocycles. The maximum atomic E-state index is 11.9. The Morgan fingerprint density at radius 3 is 2.73 bits per heavy atom. The highest BCUT2D eigenvalue weighted by molar-refractivity contribution is 5.68. The number of alkyl carbamates (subject to hydrolysis) is 1. The average molecular weight is 305 g/mol. The zero-order chi connectivity index (χ0) is 15.8. The SMILES string of the molecule is C=C/C=C\C(=C)COC(=O)NC(CC1CCCCC1)C1CO1. The van der Waals surface area contributed by atoms with E-state index >= 15 is 0 Å². The van der Waals surface area contributed by atoms with Crippen LogP contribution < -0.4 is 5.32 Å². The number of ether oxygens (including phenoxy) is 2. The van der Waals surface area contributed by atoms with Crippen molar-refractivity contribution in [1.82, 2.24) is 5.32 Å². The molecule has 4 heteroatoms. The van der Waals surface area contributed by atoms with Crippen molar-refractivity contribution in [3.8, 4) is 0 Å². The second-order valence-corrected chi connectivity index (χ2v) is 6.19. The molecule has 1 N–H and O–H groups in total. The van der Waals surface area contributed by atoms with Gasteiger partial charge in [-0.3, -0.25) is 0 Å². The summed E-state index contributed by atoms with van der Waals surface area (Å²) in [7, 11) is 0. The summed E-state index contributed by atoms with van der Waals surface area (Å²) in [5.74, 6) is 0.703. The fourth-order valence-corrected chi connectivity index (χ4v) is 2.98. The summed E-state index contributed by atoms with van der Waals surface area (Å²) in [6, 6.07) is 0.0765. The van der Waals surface area contributed by atoms with Gasteiger partial charge in [-0.2, -0.15) is 0 Å². The van der Waals surface area contributed by atoms with Crippen LogP contribution in [-0.4, -0.2) is 31.5 Å². The third-order valence-corrected chi connectivity index (χ3v) is 4.28. The minimum Gasteiger partial charge on any atom is -0.445 e. The number of hydrogen-bond donors (Lipinski definition) is 1. The molecule has 2 fully saturated rings. The van der Waals surface area contributed by atoms with E-state index < -0.39 is 0 Å². The first-order chi connectivity index (χ1) is 10.7. The van der Waals surface area contributed by atoms with Crippen LogP contribution in [0, 0.1) is 5.92 Å². The Kier molecular flexibility index (Phi) is 6.72. The van der Waals surface area contributed by atoms with E-state index in [-0.39, 0.29) is 24.8 Å². The van der Waals surface area contributed by atoms with Crippen molar-refractivity contribution in [2.24, 2.45) is 5.92 Å². The maximum Gasteiger partial charge on any atom is 0.407 e. The summed E-state index contributed by atoms with van der Waals surface area (Å²) in [6.45, 7) is 8.34. The summed E-state index contributed by atoms with van der Waals surface area (Å²) in [4.78, 5) is 11.9. The van der Waals surface area contributed by atoms with E-state index in [4.69, 9.17) is 9.47 Å². The topological polar surface area (TPSA) is 50.9 Å². The number of hydrogen-bond acceptors (Lipinski definition) is 3. The van der Waals surface area contributed by atoms with Gasteiger partial charge in [-0.05, 0) is 17.9 Å². The highest BCUT2D eigenvalue weighted by Gasteiger charge is 2.35. The second kappa shape index (κ2) is 8.79. The molecule has 22 heavy (non-hydrogen) atoms. The molecule has 2 rings (SSSR count). The first-order valence-electron chi connectivity index (χ1n) is 8.21. The molecule has 0 spiro atoms. The molecule has 2 unspecified atom stereocenters. The van der Waals surface area contributed by atoms with Crippen LogP contribution in [0.4, 0.5) is 4.79 Å². The Labute approximate surface area is 133 Å². The Bertz CT molecular complexity index is 420. The summed E-state index contributed by atoms with van der Waals surface area (Å²) in [6.07, 6.45) is 12.5. The molecule has 122 valence electrons. The molecule has 4 nitrogen and oxygen atoms in total. The van der Waals surface area contributed by atoms with Gasteiger partial charge in [0.1, 0.15) is 12.7 Å². The van der Waals surface area contributed by atoms with Gasteiger partial charge in [0.2, 0.25) is 0 Å². The van der Waals surface area contributed by atoms with Crippen LogP contribution in [0.2, 0.25) is 0 Å². The van der Waals surface area contributed by atoms with Crippen LogP contribution in [0.3, 0.4) is 0 Å². The molecule has 0 bridgehead atoms. The molecule has 1 heterocycles. The zero-order valence-corrected chi connectivity index (χ0v) is 13.3. The monoisotopic (exact) mass is 305 g/mol. The number of amides is 1. The Balaban J connectivity index is 1.72. The molecule has 1 aliphatic carbocycles. The molecule has 0 radical (unpaired) electrons. The number of carbonyl (C=O) groups excluding carboxylic acids is 1. The van der Waals surface area contributed by atoms with E-state index in [1.165, 1.54) is 32.1 Å². The Morgan fingerprint density at radius 1 is 1.36 bits per heavy atom. The fraction of sp³-hybridized carbons (Fsp3) is 0.611. The lowest BCUT2D eigenvalue weighted by Gasteiger charge is -2.26. The number of rotatable bonds is 8. The number of epoxide rings is 1. The molecule has 1 aliphatic heterocycles. The normalized spacial score (nSPS) is 23.0. The van der Waals surface area contributed by atoms with Crippen molar-refractivity contribution >= 4 is 6.09 Å². The van der Waals surface area contributed by atoms with Crippen LogP contribution >= 0.6 is 0 Å². The summed E-state index contributed by atoms with van der Waals surface area (Å²) >= 11 is 0. The number of nitrogens with one attached hydrogen (secondary N) is 1. The Hall–Kier alpha value is -1.55. The first kappa shape index (κ1) is 16.8. The van der Waals surface area contributed by atoms with E-state index in [0.29, 0.717) is 5.92 Å². The molecular weight excluding hydrogens is 278 g/mol. The quantitative estimate of drug-likeness (QED) is 0.549. The zero-order valence-electron chi connectivity index (χ0n) is 13.3. The largest absolute Gasteiger partial charge is 0.445 e. The molecule has 1 saturated heterocycles. The standard InChI is InChI=1S/C18H27NO3/c1-3-4-8-14(2)12-22-18(20)19-16(17-13-21-17)11-15-9-6-5-7-10-15/h3-4,8,15-17H,1-2,5-7,9-13H2,(H,19,20)/b8-4-. The van der Waals surface area contributed by atoms with Gasteiger partial charge in [0.05, 0.1) is 12.6 Å². The van der Waals surface area contributed by atoms with Crippen LogP contribution in [0.5, 0.6) is 0 Å². The second-order valence-electron chi connectivity index (χ2n) is 6.19. The minimum absolute atomic E-state index is 0.0765. The van der Waals surface area contributed by atoms with Gasteiger partial charge in [0.25, 0.3) is 0 Å². The van der Waals surface area contributed by atoms with Gasteiger partial charge in [-0.1, -0.05) is 63.5 Å². The highest BCUT2D eigenvalue weighted by Crippen LogP contribution is 2.30. The highest BCUT2D eigenvalue weighted by atomic mass is 16.6. The van der Waals surface area contributed by atoms with Gasteiger partial charge >= 0.3 is 6.09 Å². The van der Waals surface area contributed by atoms with E-state index in [0.717, 1.165) is 18.6 Å². The molecule has 2 aliphatic rings. The van der Waals surface area contributed by atoms with Gasteiger partial charge in [0, 0.05) is 0 Å². The number of allylic oxidation sites excluding steroid dienone is 2. The van der Waals surface area contributed by atoms with Crippen LogP contribution in [0.15, 0.2) is 37.0 Å². The van der Waals surface area contributed by atoms with Crippen molar-refractivity contribution in [3.63, 3.8) is 0 Å². The van der Waals surface area contributed by atoms with E-state index in [9.17, 15) is 4.79 Å². The lowest BCUT2D eigenvalue weighted by atomic mass is 9.84. The maximum absolute atomic E-state index is 11.9. The third-order valence-electron chi connectivity index (χ3n) is 4.28. The molecule has 2 atom stereocenters. The van der Waals surface area contributed by atoms with Gasteiger partial charge < -0.3 is 14.8 Å². The molecule has 1 saturated carbocycles. The van der Waals surface area contributed by atoms with Crippen molar-refractivity contribution in [2.45, 2.75) is 50.7 Å².